The van der Waals surface area contributed by atoms with Crippen molar-refractivity contribution < 1.29 is 24.1 Å². The molecule has 2 aromatic carbocycles. The standard InChI is InChI=1S/C21H20N4O5S/c1-3-28-16-10-12(8-9-15(16)29-11-17(26)27)19-22-14-7-5-4-6-13(14)18-20(30-19)23-21(31-2)25-24-18/h4-10,19,22H,3,11H2,1-2H3,(H,26,27)/t19-/m0/s1. The molecule has 10 heteroatoms. The molecule has 0 amide bonds. The maximum Gasteiger partial charge on any atom is 0.341 e. The monoisotopic (exact) mass is 440 g/mol. The Bertz CT molecular complexity index is 1110. The summed E-state index contributed by atoms with van der Waals surface area (Å²) in [5.41, 5.74) is 2.95. The van der Waals surface area contributed by atoms with Gasteiger partial charge in [-0.3, -0.25) is 0 Å². The summed E-state index contributed by atoms with van der Waals surface area (Å²) in [6.07, 6.45) is 1.27. The van der Waals surface area contributed by atoms with Crippen molar-refractivity contribution in [1.29, 1.82) is 0 Å². The zero-order valence-corrected chi connectivity index (χ0v) is 17.7. The molecule has 4 rings (SSSR count). The van der Waals surface area contributed by atoms with Gasteiger partial charge in [0.05, 0.1) is 6.61 Å². The summed E-state index contributed by atoms with van der Waals surface area (Å²) in [4.78, 5) is 15.4. The first-order chi connectivity index (χ1) is 15.1. The Hall–Kier alpha value is -3.53. The van der Waals surface area contributed by atoms with Gasteiger partial charge in [0.25, 0.3) is 0 Å². The highest BCUT2D eigenvalue weighted by molar-refractivity contribution is 7.98. The predicted molar refractivity (Wildman–Crippen MR) is 115 cm³/mol. The number of carboxylic acids is 1. The summed E-state index contributed by atoms with van der Waals surface area (Å²) >= 11 is 1.38. The van der Waals surface area contributed by atoms with Gasteiger partial charge in [-0.2, -0.15) is 4.98 Å². The van der Waals surface area contributed by atoms with E-state index >= 15 is 0 Å². The zero-order valence-electron chi connectivity index (χ0n) is 16.9. The molecule has 0 unspecified atom stereocenters. The largest absolute Gasteiger partial charge is 0.490 e. The Balaban J connectivity index is 1.74. The second-order valence-electron chi connectivity index (χ2n) is 6.46. The minimum atomic E-state index is -1.06. The Kier molecular flexibility index (Phi) is 6.08. The summed E-state index contributed by atoms with van der Waals surface area (Å²) in [5, 5.41) is 21.2. The third-order valence-electron chi connectivity index (χ3n) is 4.44. The Labute approximate surface area is 182 Å². The molecular formula is C21H20N4O5S. The van der Waals surface area contributed by atoms with Crippen LogP contribution >= 0.6 is 11.8 Å². The van der Waals surface area contributed by atoms with Crippen LogP contribution in [-0.2, 0) is 4.79 Å². The molecule has 0 spiro atoms. The first kappa shape index (κ1) is 20.7. The highest BCUT2D eigenvalue weighted by Gasteiger charge is 2.26. The van der Waals surface area contributed by atoms with Crippen molar-refractivity contribution in [3.8, 4) is 28.6 Å². The lowest BCUT2D eigenvalue weighted by molar-refractivity contribution is -0.139. The fraction of sp³-hybridized carbons (Fsp3) is 0.238. The van der Waals surface area contributed by atoms with Gasteiger partial charge in [0.15, 0.2) is 30.0 Å². The van der Waals surface area contributed by atoms with Gasteiger partial charge in [0, 0.05) is 16.8 Å². The molecule has 0 fully saturated rings. The number of fused-ring (bicyclic) bond motifs is 3. The van der Waals surface area contributed by atoms with Crippen molar-refractivity contribution in [3.05, 3.63) is 48.0 Å². The van der Waals surface area contributed by atoms with Gasteiger partial charge in [-0.15, -0.1) is 10.2 Å². The number of ether oxygens (including phenoxy) is 3. The maximum absolute atomic E-state index is 10.9. The normalized spacial score (nSPS) is 14.3. The third kappa shape index (κ3) is 4.48. The van der Waals surface area contributed by atoms with Gasteiger partial charge in [0.2, 0.25) is 11.0 Å². The molecular weight excluding hydrogens is 420 g/mol. The second-order valence-corrected chi connectivity index (χ2v) is 7.24. The van der Waals surface area contributed by atoms with Crippen LogP contribution in [0.15, 0.2) is 47.6 Å². The van der Waals surface area contributed by atoms with Crippen LogP contribution in [0.2, 0.25) is 0 Å². The third-order valence-corrected chi connectivity index (χ3v) is 4.98. The quantitative estimate of drug-likeness (QED) is 0.528. The average Bonchev–Trinajstić information content (AvgIpc) is 2.94. The molecule has 0 radical (unpaired) electrons. The van der Waals surface area contributed by atoms with E-state index in [0.717, 1.165) is 16.8 Å². The first-order valence-electron chi connectivity index (χ1n) is 9.51. The molecule has 1 aliphatic rings. The summed E-state index contributed by atoms with van der Waals surface area (Å²) in [5.74, 6) is 0.0716. The van der Waals surface area contributed by atoms with E-state index in [1.807, 2.05) is 37.4 Å². The molecule has 9 nitrogen and oxygen atoms in total. The van der Waals surface area contributed by atoms with Crippen molar-refractivity contribution in [2.45, 2.75) is 18.3 Å². The van der Waals surface area contributed by atoms with Crippen LogP contribution in [0, 0.1) is 0 Å². The Morgan fingerprint density at radius 1 is 1.19 bits per heavy atom. The SMILES string of the molecule is CCOc1cc([C@H]2Nc3ccccc3-c3nnc(SC)nc3O2)ccc1OCC(=O)O. The second kappa shape index (κ2) is 9.09. The summed E-state index contributed by atoms with van der Waals surface area (Å²) in [6.45, 7) is 1.78. The smallest absolute Gasteiger partial charge is 0.341 e. The number of para-hydroxylation sites is 1. The number of aliphatic carboxylic acids is 1. The van der Waals surface area contributed by atoms with Crippen molar-refractivity contribution >= 4 is 23.4 Å². The van der Waals surface area contributed by atoms with Crippen molar-refractivity contribution in [2.75, 3.05) is 24.8 Å². The Morgan fingerprint density at radius 3 is 2.81 bits per heavy atom. The maximum atomic E-state index is 10.9. The number of carboxylic acid groups (broad SMARTS) is 1. The lowest BCUT2D eigenvalue weighted by Crippen LogP contribution is -2.17. The summed E-state index contributed by atoms with van der Waals surface area (Å²) < 4.78 is 17.2. The van der Waals surface area contributed by atoms with E-state index < -0.39 is 18.8 Å². The van der Waals surface area contributed by atoms with Gasteiger partial charge in [0.1, 0.15) is 0 Å². The van der Waals surface area contributed by atoms with E-state index in [2.05, 4.69) is 20.5 Å². The summed E-state index contributed by atoms with van der Waals surface area (Å²) in [7, 11) is 0. The van der Waals surface area contributed by atoms with Crippen LogP contribution < -0.4 is 19.5 Å². The zero-order chi connectivity index (χ0) is 21.8. The molecule has 1 aromatic heterocycles. The first-order valence-corrected chi connectivity index (χ1v) is 10.7. The number of hydrogen-bond acceptors (Lipinski definition) is 9. The number of anilines is 1. The van der Waals surface area contributed by atoms with Gasteiger partial charge in [-0.25, -0.2) is 4.79 Å². The van der Waals surface area contributed by atoms with E-state index in [1.54, 1.807) is 18.2 Å². The number of hydrogen-bond donors (Lipinski definition) is 2. The topological polar surface area (TPSA) is 116 Å². The number of nitrogens with zero attached hydrogens (tertiary/aromatic N) is 3. The lowest BCUT2D eigenvalue weighted by Gasteiger charge is -2.21. The van der Waals surface area contributed by atoms with Gasteiger partial charge in [-0.1, -0.05) is 30.0 Å². The van der Waals surface area contributed by atoms with Gasteiger partial charge >= 0.3 is 5.97 Å². The summed E-state index contributed by atoms with van der Waals surface area (Å²) in [6, 6.07) is 12.9. The number of aromatic nitrogens is 3. The molecule has 0 saturated carbocycles. The highest BCUT2D eigenvalue weighted by Crippen LogP contribution is 2.40. The minimum Gasteiger partial charge on any atom is -0.490 e. The fourth-order valence-corrected chi connectivity index (χ4v) is 3.40. The van der Waals surface area contributed by atoms with Crippen molar-refractivity contribution in [2.24, 2.45) is 0 Å². The lowest BCUT2D eigenvalue weighted by atomic mass is 10.1. The van der Waals surface area contributed by atoms with E-state index in [0.29, 0.717) is 34.8 Å². The Morgan fingerprint density at radius 2 is 2.03 bits per heavy atom. The molecule has 0 bridgehead atoms. The van der Waals surface area contributed by atoms with Crippen molar-refractivity contribution in [3.63, 3.8) is 0 Å². The minimum absolute atomic E-state index is 0.344. The van der Waals surface area contributed by atoms with E-state index in [-0.39, 0.29) is 0 Å². The van der Waals surface area contributed by atoms with E-state index in [1.165, 1.54) is 11.8 Å². The van der Waals surface area contributed by atoms with Crippen LogP contribution in [0.3, 0.4) is 0 Å². The number of benzene rings is 2. The number of nitrogens with one attached hydrogen (secondary N) is 1. The predicted octanol–water partition coefficient (Wildman–Crippen LogP) is 3.63. The molecule has 2 heterocycles. The molecule has 0 aliphatic carbocycles. The van der Waals surface area contributed by atoms with Crippen molar-refractivity contribution in [1.82, 2.24) is 15.2 Å². The fourth-order valence-electron chi connectivity index (χ4n) is 3.10. The number of rotatable bonds is 7. The molecule has 0 saturated heterocycles. The van der Waals surface area contributed by atoms with E-state index in [9.17, 15) is 4.79 Å². The highest BCUT2D eigenvalue weighted by atomic mass is 32.2. The van der Waals surface area contributed by atoms with Crippen LogP contribution in [0.5, 0.6) is 17.4 Å². The molecule has 1 aliphatic heterocycles. The van der Waals surface area contributed by atoms with Crippen LogP contribution in [-0.4, -0.2) is 45.7 Å². The molecule has 1 atom stereocenters. The molecule has 3 aromatic rings. The number of carbonyl (C=O) groups is 1. The van der Waals surface area contributed by atoms with Crippen LogP contribution in [0.1, 0.15) is 18.7 Å². The molecule has 31 heavy (non-hydrogen) atoms. The van der Waals surface area contributed by atoms with Crippen LogP contribution in [0.25, 0.3) is 11.3 Å². The van der Waals surface area contributed by atoms with Gasteiger partial charge < -0.3 is 24.6 Å². The number of thioether (sulfide) groups is 1. The van der Waals surface area contributed by atoms with Gasteiger partial charge in [-0.05, 0) is 37.4 Å². The molecule has 160 valence electrons. The molecule has 2 N–H and O–H groups in total. The average molecular weight is 440 g/mol. The van der Waals surface area contributed by atoms with E-state index in [4.69, 9.17) is 19.3 Å². The van der Waals surface area contributed by atoms with Crippen LogP contribution in [0.4, 0.5) is 5.69 Å².